The number of hydrogen-bond donors (Lipinski definition) is 1. The van der Waals surface area contributed by atoms with Crippen molar-refractivity contribution in [2.75, 3.05) is 11.5 Å². The number of ether oxygens (including phenoxy) is 2. The number of para-hydroxylation sites is 3. The molecule has 4 aromatic rings. The number of aryl methyl sites for hydroxylation is 2. The maximum atomic E-state index is 15.6. The van der Waals surface area contributed by atoms with Gasteiger partial charge in [-0.1, -0.05) is 48.5 Å². The highest BCUT2D eigenvalue weighted by Gasteiger charge is 2.50. The molecule has 1 amide bonds. The van der Waals surface area contributed by atoms with Crippen molar-refractivity contribution < 1.29 is 23.5 Å². The lowest BCUT2D eigenvalue weighted by atomic mass is 9.95. The Balaban J connectivity index is 1.14. The molecule has 3 heterocycles. The molecule has 1 saturated heterocycles. The van der Waals surface area contributed by atoms with Gasteiger partial charge in [0.05, 0.1) is 29.2 Å². The predicted molar refractivity (Wildman–Crippen MR) is 170 cm³/mol. The lowest BCUT2D eigenvalue weighted by molar-refractivity contribution is 0.0247. The van der Waals surface area contributed by atoms with Gasteiger partial charge in [0.25, 0.3) is 5.91 Å². The molecule has 6 rings (SSSR count). The van der Waals surface area contributed by atoms with Gasteiger partial charge in [-0.05, 0) is 80.2 Å². The van der Waals surface area contributed by atoms with E-state index in [1.165, 1.54) is 0 Å². The average molecular weight is 615 g/mol. The molecule has 230 valence electrons. The Labute approximate surface area is 258 Å². The summed E-state index contributed by atoms with van der Waals surface area (Å²) in [6, 6.07) is 22.9. The first-order valence-corrected chi connectivity index (χ1v) is 18.3. The molecule has 0 spiro atoms. The van der Waals surface area contributed by atoms with Gasteiger partial charge < -0.3 is 18.7 Å². The lowest BCUT2D eigenvalue weighted by Crippen LogP contribution is -2.36. The van der Waals surface area contributed by atoms with Gasteiger partial charge in [-0.3, -0.25) is 14.4 Å². The molecule has 0 unspecified atom stereocenters. The molecule has 0 aliphatic carbocycles. The van der Waals surface area contributed by atoms with Crippen molar-refractivity contribution >= 4 is 25.7 Å². The first kappa shape index (κ1) is 30.2. The third-order valence-electron chi connectivity index (χ3n) is 8.85. The molecule has 0 bridgehead atoms. The van der Waals surface area contributed by atoms with Gasteiger partial charge >= 0.3 is 0 Å². The van der Waals surface area contributed by atoms with E-state index in [1.807, 2.05) is 60.8 Å². The highest BCUT2D eigenvalue weighted by Crippen LogP contribution is 2.47. The van der Waals surface area contributed by atoms with Crippen molar-refractivity contribution in [3.63, 3.8) is 0 Å². The van der Waals surface area contributed by atoms with Crippen molar-refractivity contribution in [1.82, 2.24) is 15.0 Å². The van der Waals surface area contributed by atoms with Gasteiger partial charge in [-0.15, -0.1) is 5.10 Å². The van der Waals surface area contributed by atoms with Crippen molar-refractivity contribution in [2.45, 2.75) is 70.0 Å². The normalized spacial score (nSPS) is 21.5. The number of amides is 1. The first-order valence-electron chi connectivity index (χ1n) is 15.4. The highest BCUT2D eigenvalue weighted by molar-refractivity contribution is 6.72. The van der Waals surface area contributed by atoms with Gasteiger partial charge in [-0.25, -0.2) is 0 Å². The summed E-state index contributed by atoms with van der Waals surface area (Å²) in [7, 11) is -2.99. The van der Waals surface area contributed by atoms with Crippen LogP contribution in [0.5, 0.6) is 11.5 Å². The van der Waals surface area contributed by atoms with E-state index in [0.29, 0.717) is 42.1 Å². The number of anilines is 2. The van der Waals surface area contributed by atoms with Gasteiger partial charge in [0.1, 0.15) is 5.75 Å². The van der Waals surface area contributed by atoms with Crippen molar-refractivity contribution in [2.24, 2.45) is 5.92 Å². The zero-order chi connectivity index (χ0) is 30.8. The maximum Gasteiger partial charge on any atom is 0.266 e. The van der Waals surface area contributed by atoms with Crippen LogP contribution < -0.4 is 9.64 Å². The minimum atomic E-state index is -2.99. The van der Waals surface area contributed by atoms with E-state index in [4.69, 9.17) is 14.6 Å². The topological polar surface area (TPSA) is 89.7 Å². The monoisotopic (exact) mass is 614 g/mol. The number of aliphatic hydroxyl groups excluding tert-OH is 1. The van der Waals surface area contributed by atoms with Crippen LogP contribution in [-0.4, -0.2) is 53.2 Å². The van der Waals surface area contributed by atoms with Gasteiger partial charge in [0.2, 0.25) is 8.41 Å². The van der Waals surface area contributed by atoms with Crippen LogP contribution in [-0.2, 0) is 24.1 Å². The fraction of sp³-hybridized carbons (Fsp3) is 0.382. The molecule has 0 saturated carbocycles. The fourth-order valence-corrected chi connectivity index (χ4v) is 9.37. The third-order valence-corrected chi connectivity index (χ3v) is 11.3. The number of benzene rings is 3. The number of aliphatic hydroxyl groups is 1. The summed E-state index contributed by atoms with van der Waals surface area (Å²) in [6.45, 7) is 6.32. The number of nitrogens with zero attached hydrogens (tertiary/aromatic N) is 4. The largest absolute Gasteiger partial charge is 0.454 e. The molecule has 44 heavy (non-hydrogen) atoms. The second-order valence-electron chi connectivity index (χ2n) is 12.3. The Morgan fingerprint density at radius 3 is 2.41 bits per heavy atom. The Kier molecular flexibility index (Phi) is 8.66. The number of carbonyl (C=O) groups excluding carboxylic acids is 1. The van der Waals surface area contributed by atoms with Gasteiger partial charge in [-0.2, -0.15) is 0 Å². The van der Waals surface area contributed by atoms with Crippen molar-refractivity contribution in [3.8, 4) is 11.5 Å². The average Bonchev–Trinajstić information content (AvgIpc) is 3.56. The second-order valence-corrected chi connectivity index (χ2v) is 16.1. The Bertz CT molecular complexity index is 1610. The lowest BCUT2D eigenvalue weighted by Gasteiger charge is -2.28. The summed E-state index contributed by atoms with van der Waals surface area (Å²) in [5.41, 5.74) is 3.74. The SMILES string of the molecule is C[C@H]1[C@H]([Si](C)(C)F)[C@@H](CCn2cc(CCO)nn2)O[C@H]1CCc1ccc(N2C(=O)c3ccccc3Oc3ccccc32)cc1. The third kappa shape index (κ3) is 6.20. The number of carbonyl (C=O) groups is 1. The van der Waals surface area contributed by atoms with Crippen LogP contribution in [0.25, 0.3) is 0 Å². The maximum absolute atomic E-state index is 15.6. The van der Waals surface area contributed by atoms with Crippen LogP contribution in [0.2, 0.25) is 18.6 Å². The minimum absolute atomic E-state index is 0.0316. The van der Waals surface area contributed by atoms with Crippen LogP contribution >= 0.6 is 0 Å². The molecule has 10 heteroatoms. The van der Waals surface area contributed by atoms with E-state index in [2.05, 4.69) is 29.4 Å². The zero-order valence-corrected chi connectivity index (χ0v) is 26.4. The molecule has 4 atom stereocenters. The second kappa shape index (κ2) is 12.6. The molecule has 1 aromatic heterocycles. The Hall–Kier alpha value is -3.86. The van der Waals surface area contributed by atoms with E-state index in [9.17, 15) is 4.79 Å². The molecule has 2 aliphatic heterocycles. The molecule has 1 N–H and O–H groups in total. The van der Waals surface area contributed by atoms with Crippen LogP contribution in [0.1, 0.15) is 41.4 Å². The fourth-order valence-electron chi connectivity index (χ4n) is 6.77. The molecule has 2 aliphatic rings. The van der Waals surface area contributed by atoms with Gasteiger partial charge in [0, 0.05) is 37.0 Å². The quantitative estimate of drug-likeness (QED) is 0.155. The minimum Gasteiger partial charge on any atom is -0.454 e. The van der Waals surface area contributed by atoms with Crippen LogP contribution in [0.3, 0.4) is 0 Å². The number of rotatable bonds is 10. The van der Waals surface area contributed by atoms with Crippen LogP contribution in [0, 0.1) is 5.92 Å². The number of fused-ring (bicyclic) bond motifs is 2. The predicted octanol–water partition coefficient (Wildman–Crippen LogP) is 6.87. The Morgan fingerprint density at radius 2 is 1.66 bits per heavy atom. The number of halogens is 1. The van der Waals surface area contributed by atoms with E-state index in [-0.39, 0.29) is 36.2 Å². The van der Waals surface area contributed by atoms with E-state index >= 15 is 4.11 Å². The molecular formula is C34H39FN4O4Si. The van der Waals surface area contributed by atoms with E-state index < -0.39 is 8.41 Å². The highest BCUT2D eigenvalue weighted by atomic mass is 28.4. The van der Waals surface area contributed by atoms with Crippen molar-refractivity contribution in [1.29, 1.82) is 0 Å². The molecule has 0 radical (unpaired) electrons. The van der Waals surface area contributed by atoms with Crippen molar-refractivity contribution in [3.05, 3.63) is 95.8 Å². The molecular weight excluding hydrogens is 575 g/mol. The summed E-state index contributed by atoms with van der Waals surface area (Å²) < 4.78 is 30.0. The summed E-state index contributed by atoms with van der Waals surface area (Å²) in [5, 5.41) is 17.4. The Morgan fingerprint density at radius 1 is 0.932 bits per heavy atom. The van der Waals surface area contributed by atoms with Gasteiger partial charge in [0.15, 0.2) is 5.75 Å². The van der Waals surface area contributed by atoms with E-state index in [0.717, 1.165) is 29.8 Å². The number of hydrogen-bond acceptors (Lipinski definition) is 6. The molecule has 1 fully saturated rings. The summed E-state index contributed by atoms with van der Waals surface area (Å²) in [6.07, 6.45) is 4.33. The first-order chi connectivity index (χ1) is 21.2. The van der Waals surface area contributed by atoms with Crippen LogP contribution in [0.4, 0.5) is 15.5 Å². The van der Waals surface area contributed by atoms with Crippen LogP contribution in [0.15, 0.2) is 79.0 Å². The summed E-state index contributed by atoms with van der Waals surface area (Å²) >= 11 is 0. The number of aromatic nitrogens is 3. The van der Waals surface area contributed by atoms with E-state index in [1.54, 1.807) is 28.7 Å². The molecule has 8 nitrogen and oxygen atoms in total. The smallest absolute Gasteiger partial charge is 0.266 e. The zero-order valence-electron chi connectivity index (χ0n) is 25.4. The summed E-state index contributed by atoms with van der Waals surface area (Å²) in [4.78, 5) is 15.4. The summed E-state index contributed by atoms with van der Waals surface area (Å²) in [5.74, 6) is 1.13. The standard InChI is InChI=1S/C34H39FN4O4Si/c1-23-29(42-32(33(23)44(2,3)35)18-20-38-22-25(19-21-40)36-37-38)17-14-24-12-15-26(16-13-24)39-28-9-5-7-11-31(28)43-30-10-6-4-8-27(30)34(39)41/h4-13,15-16,22-23,29,32-33,40H,14,17-21H2,1-3H3/t23-,29+,32-,33+/m1/s1. The molecule has 3 aromatic carbocycles.